The van der Waals surface area contributed by atoms with Crippen LogP contribution in [0, 0.1) is 0 Å². The van der Waals surface area contributed by atoms with Crippen molar-refractivity contribution in [2.75, 3.05) is 0 Å². The molecule has 0 fully saturated rings. The second kappa shape index (κ2) is 10.6. The van der Waals surface area contributed by atoms with Crippen molar-refractivity contribution in [1.29, 1.82) is 0 Å². The lowest BCUT2D eigenvalue weighted by molar-refractivity contribution is -0.130. The van der Waals surface area contributed by atoms with Crippen LogP contribution in [0.2, 0.25) is 0 Å². The minimum absolute atomic E-state index is 0.310. The van der Waals surface area contributed by atoms with E-state index >= 15 is 0 Å². The molecular weight excluding hydrogens is 376 g/mol. The normalized spacial score (nSPS) is 12.5. The van der Waals surface area contributed by atoms with Gasteiger partial charge < -0.3 is 9.47 Å². The standard InChI is InChI=1S/C26H30O4/c1-7-23(19-9-13-21(14-10-19)29-25(27)17(3)4)24(8-2)20-11-15-22(16-12-20)30-26(28)18(5)6/h9-16,23-24H,3,5,7-8H2,1-2,4,6H3. The van der Waals surface area contributed by atoms with E-state index in [0.717, 1.165) is 12.8 Å². The van der Waals surface area contributed by atoms with Crippen molar-refractivity contribution in [3.8, 4) is 11.5 Å². The Hall–Kier alpha value is -3.14. The van der Waals surface area contributed by atoms with Crippen molar-refractivity contribution < 1.29 is 19.1 Å². The first-order chi connectivity index (χ1) is 14.3. The summed E-state index contributed by atoms with van der Waals surface area (Å²) in [5, 5.41) is 0. The largest absolute Gasteiger partial charge is 0.423 e. The molecule has 0 radical (unpaired) electrons. The minimum atomic E-state index is -0.423. The first-order valence-electron chi connectivity index (χ1n) is 10.2. The van der Waals surface area contributed by atoms with Gasteiger partial charge in [0, 0.05) is 11.1 Å². The highest BCUT2D eigenvalue weighted by molar-refractivity contribution is 5.89. The maximum Gasteiger partial charge on any atom is 0.338 e. The molecule has 2 atom stereocenters. The van der Waals surface area contributed by atoms with Crippen LogP contribution in [0.3, 0.4) is 0 Å². The Balaban J connectivity index is 2.19. The van der Waals surface area contributed by atoms with Crippen molar-refractivity contribution in [1.82, 2.24) is 0 Å². The van der Waals surface area contributed by atoms with Gasteiger partial charge in [-0.25, -0.2) is 9.59 Å². The number of ether oxygens (including phenoxy) is 2. The molecule has 158 valence electrons. The highest BCUT2D eigenvalue weighted by Gasteiger charge is 2.22. The van der Waals surface area contributed by atoms with Crippen LogP contribution in [0.4, 0.5) is 0 Å². The average Bonchev–Trinajstić information content (AvgIpc) is 2.73. The summed E-state index contributed by atoms with van der Waals surface area (Å²) in [4.78, 5) is 23.4. The molecular formula is C26H30O4. The van der Waals surface area contributed by atoms with E-state index in [9.17, 15) is 9.59 Å². The van der Waals surface area contributed by atoms with Gasteiger partial charge in [-0.1, -0.05) is 51.3 Å². The summed E-state index contributed by atoms with van der Waals surface area (Å²) >= 11 is 0. The van der Waals surface area contributed by atoms with E-state index in [-0.39, 0.29) is 0 Å². The van der Waals surface area contributed by atoms with E-state index in [1.165, 1.54) is 11.1 Å². The lowest BCUT2D eigenvalue weighted by Gasteiger charge is -2.26. The third-order valence-corrected chi connectivity index (χ3v) is 5.10. The monoisotopic (exact) mass is 406 g/mol. The molecule has 0 spiro atoms. The van der Waals surface area contributed by atoms with Crippen molar-refractivity contribution in [3.63, 3.8) is 0 Å². The van der Waals surface area contributed by atoms with E-state index in [0.29, 0.717) is 34.5 Å². The maximum atomic E-state index is 11.7. The van der Waals surface area contributed by atoms with Crippen LogP contribution in [-0.4, -0.2) is 11.9 Å². The molecule has 0 aliphatic rings. The molecule has 2 rings (SSSR count). The molecule has 2 aromatic carbocycles. The number of benzene rings is 2. The van der Waals surface area contributed by atoms with Crippen LogP contribution in [0.5, 0.6) is 11.5 Å². The van der Waals surface area contributed by atoms with Crippen LogP contribution in [-0.2, 0) is 9.59 Å². The summed E-state index contributed by atoms with van der Waals surface area (Å²) in [5.74, 6) is 0.799. The van der Waals surface area contributed by atoms with Gasteiger partial charge in [0.2, 0.25) is 0 Å². The van der Waals surface area contributed by atoms with Gasteiger partial charge in [-0.05, 0) is 73.9 Å². The minimum Gasteiger partial charge on any atom is -0.423 e. The molecule has 4 heteroatoms. The highest BCUT2D eigenvalue weighted by Crippen LogP contribution is 2.39. The fourth-order valence-corrected chi connectivity index (χ4v) is 3.46. The molecule has 0 N–H and O–H groups in total. The van der Waals surface area contributed by atoms with Gasteiger partial charge in [-0.15, -0.1) is 0 Å². The second-order valence-corrected chi connectivity index (χ2v) is 7.51. The van der Waals surface area contributed by atoms with Crippen molar-refractivity contribution in [2.45, 2.75) is 52.4 Å². The van der Waals surface area contributed by atoms with E-state index in [1.54, 1.807) is 13.8 Å². The van der Waals surface area contributed by atoms with E-state index in [2.05, 4.69) is 27.0 Å². The second-order valence-electron chi connectivity index (χ2n) is 7.51. The molecule has 0 amide bonds. The van der Waals surface area contributed by atoms with E-state index in [4.69, 9.17) is 9.47 Å². The van der Waals surface area contributed by atoms with Gasteiger partial charge in [0.15, 0.2) is 0 Å². The number of rotatable bonds is 9. The van der Waals surface area contributed by atoms with Gasteiger partial charge in [-0.3, -0.25) is 0 Å². The molecule has 30 heavy (non-hydrogen) atoms. The molecule has 0 bridgehead atoms. The summed E-state index contributed by atoms with van der Waals surface area (Å²) < 4.78 is 10.6. The Morgan fingerprint density at radius 3 is 1.23 bits per heavy atom. The number of hydrogen-bond acceptors (Lipinski definition) is 4. The van der Waals surface area contributed by atoms with Crippen molar-refractivity contribution in [2.24, 2.45) is 0 Å². The lowest BCUT2D eigenvalue weighted by Crippen LogP contribution is -2.12. The number of esters is 2. The SMILES string of the molecule is C=C(C)C(=O)Oc1ccc(C(CC)C(CC)c2ccc(OC(=O)C(=C)C)cc2)cc1. The van der Waals surface area contributed by atoms with Crippen molar-refractivity contribution >= 4 is 11.9 Å². The van der Waals surface area contributed by atoms with Crippen LogP contribution in [0.15, 0.2) is 72.8 Å². The Labute approximate surface area is 179 Å². The first-order valence-corrected chi connectivity index (χ1v) is 10.2. The Bertz CT molecular complexity index is 830. The third kappa shape index (κ3) is 5.93. The zero-order valence-corrected chi connectivity index (χ0v) is 18.2. The smallest absolute Gasteiger partial charge is 0.338 e. The number of carbonyl (C=O) groups excluding carboxylic acids is 2. The van der Waals surface area contributed by atoms with Gasteiger partial charge in [0.1, 0.15) is 11.5 Å². The Morgan fingerprint density at radius 1 is 0.700 bits per heavy atom. The van der Waals surface area contributed by atoms with Crippen LogP contribution >= 0.6 is 0 Å². The van der Waals surface area contributed by atoms with Gasteiger partial charge in [0.25, 0.3) is 0 Å². The summed E-state index contributed by atoms with van der Waals surface area (Å²) in [7, 11) is 0. The zero-order valence-electron chi connectivity index (χ0n) is 18.2. The first kappa shape index (κ1) is 23.1. The highest BCUT2D eigenvalue weighted by atomic mass is 16.5. The van der Waals surface area contributed by atoms with Gasteiger partial charge in [-0.2, -0.15) is 0 Å². The Morgan fingerprint density at radius 2 is 1.00 bits per heavy atom. The molecule has 0 saturated carbocycles. The summed E-state index contributed by atoms with van der Waals surface area (Å²) in [6.07, 6.45) is 1.94. The molecule has 0 aromatic heterocycles. The van der Waals surface area contributed by atoms with Gasteiger partial charge in [0.05, 0.1) is 0 Å². The fraction of sp³-hybridized carbons (Fsp3) is 0.308. The predicted octanol–water partition coefficient (Wildman–Crippen LogP) is 6.34. The zero-order chi connectivity index (χ0) is 22.3. The molecule has 2 aromatic rings. The van der Waals surface area contributed by atoms with Crippen molar-refractivity contribution in [3.05, 3.63) is 84.0 Å². The quantitative estimate of drug-likeness (QED) is 0.277. The predicted molar refractivity (Wildman–Crippen MR) is 120 cm³/mol. The number of carbonyl (C=O) groups is 2. The molecule has 4 nitrogen and oxygen atoms in total. The van der Waals surface area contributed by atoms with E-state index < -0.39 is 11.9 Å². The third-order valence-electron chi connectivity index (χ3n) is 5.10. The van der Waals surface area contributed by atoms with Crippen LogP contribution < -0.4 is 9.47 Å². The fourth-order valence-electron chi connectivity index (χ4n) is 3.46. The maximum absolute atomic E-state index is 11.7. The number of hydrogen-bond donors (Lipinski definition) is 0. The van der Waals surface area contributed by atoms with E-state index in [1.807, 2.05) is 48.5 Å². The van der Waals surface area contributed by atoms with Crippen LogP contribution in [0.25, 0.3) is 0 Å². The summed E-state index contributed by atoms with van der Waals surface area (Å²) in [5.41, 5.74) is 3.12. The molecule has 0 heterocycles. The van der Waals surface area contributed by atoms with Gasteiger partial charge >= 0.3 is 11.9 Å². The topological polar surface area (TPSA) is 52.6 Å². The Kier molecular flexibility index (Phi) is 8.16. The summed E-state index contributed by atoms with van der Waals surface area (Å²) in [6.45, 7) is 14.8. The molecule has 0 aliphatic carbocycles. The van der Waals surface area contributed by atoms with Crippen LogP contribution in [0.1, 0.15) is 63.5 Å². The molecule has 0 aliphatic heterocycles. The average molecular weight is 407 g/mol. The molecule has 0 saturated heterocycles. The lowest BCUT2D eigenvalue weighted by atomic mass is 9.78. The summed E-state index contributed by atoms with van der Waals surface area (Å²) in [6, 6.07) is 15.4. The molecule has 2 unspecified atom stereocenters.